The summed E-state index contributed by atoms with van der Waals surface area (Å²) in [5, 5.41) is 0. The van der Waals surface area contributed by atoms with Crippen molar-refractivity contribution in [3.63, 3.8) is 0 Å². The maximum Gasteiger partial charge on any atom is 0.136 e. The normalized spacial score (nSPS) is 56.4. The lowest BCUT2D eigenvalue weighted by Gasteiger charge is -2.53. The highest BCUT2D eigenvalue weighted by Gasteiger charge is 2.64. The molecule has 1 nitrogen and oxygen atoms in total. The maximum atomic E-state index is 11.6. The largest absolute Gasteiger partial charge is 0.299 e. The van der Waals surface area contributed by atoms with E-state index in [4.69, 9.17) is 0 Å². The number of carbonyl (C=O) groups is 1. The average molecular weight is 164 g/mol. The predicted octanol–water partition coefficient (Wildman–Crippen LogP) is 2.40. The average Bonchev–Trinajstić information content (AvgIpc) is 2.53. The summed E-state index contributed by atoms with van der Waals surface area (Å²) in [7, 11) is 0. The van der Waals surface area contributed by atoms with E-state index in [1.165, 1.54) is 25.7 Å². The third-order valence-corrected chi connectivity index (χ3v) is 4.81. The Balaban J connectivity index is 1.97. The third-order valence-electron chi connectivity index (χ3n) is 4.81. The molecule has 1 heteroatoms. The molecular formula is C11H16O. The fourth-order valence-corrected chi connectivity index (χ4v) is 4.30. The van der Waals surface area contributed by atoms with Gasteiger partial charge in [0.25, 0.3) is 0 Å². The Kier molecular flexibility index (Phi) is 1.15. The molecule has 0 amide bonds. The zero-order chi connectivity index (χ0) is 8.34. The zero-order valence-electron chi connectivity index (χ0n) is 7.68. The van der Waals surface area contributed by atoms with E-state index in [1.807, 2.05) is 0 Å². The SMILES string of the molecule is C[C@@]12CCC(=O)[C@@H]1[C@H]1CCC[C@H]12. The molecule has 0 aromatic heterocycles. The molecule has 3 fully saturated rings. The molecule has 3 saturated carbocycles. The van der Waals surface area contributed by atoms with Crippen LogP contribution in [0.2, 0.25) is 0 Å². The summed E-state index contributed by atoms with van der Waals surface area (Å²) in [5.41, 5.74) is 0.457. The maximum absolute atomic E-state index is 11.6. The van der Waals surface area contributed by atoms with E-state index in [0.29, 0.717) is 17.1 Å². The molecular weight excluding hydrogens is 148 g/mol. The minimum Gasteiger partial charge on any atom is -0.299 e. The smallest absolute Gasteiger partial charge is 0.136 e. The van der Waals surface area contributed by atoms with Crippen LogP contribution in [0.25, 0.3) is 0 Å². The van der Waals surface area contributed by atoms with Gasteiger partial charge in [0, 0.05) is 12.3 Å². The van der Waals surface area contributed by atoms with Crippen molar-refractivity contribution in [3.05, 3.63) is 0 Å². The molecule has 4 atom stereocenters. The van der Waals surface area contributed by atoms with Crippen LogP contribution in [0, 0.1) is 23.2 Å². The molecule has 0 unspecified atom stereocenters. The van der Waals surface area contributed by atoms with Crippen molar-refractivity contribution in [1.29, 1.82) is 0 Å². The van der Waals surface area contributed by atoms with E-state index < -0.39 is 0 Å². The fraction of sp³-hybridized carbons (Fsp3) is 0.909. The molecule has 12 heavy (non-hydrogen) atoms. The van der Waals surface area contributed by atoms with E-state index in [-0.39, 0.29) is 0 Å². The van der Waals surface area contributed by atoms with Crippen molar-refractivity contribution in [2.45, 2.75) is 39.0 Å². The summed E-state index contributed by atoms with van der Waals surface area (Å²) in [6, 6.07) is 0. The van der Waals surface area contributed by atoms with Gasteiger partial charge in [-0.05, 0) is 36.5 Å². The molecule has 0 aromatic rings. The summed E-state index contributed by atoms with van der Waals surface area (Å²) in [5.74, 6) is 2.81. The summed E-state index contributed by atoms with van der Waals surface area (Å²) >= 11 is 0. The van der Waals surface area contributed by atoms with E-state index in [9.17, 15) is 4.79 Å². The summed E-state index contributed by atoms with van der Waals surface area (Å²) in [6.07, 6.45) is 6.21. The van der Waals surface area contributed by atoms with Crippen LogP contribution in [0.4, 0.5) is 0 Å². The van der Waals surface area contributed by atoms with Gasteiger partial charge in [0.05, 0.1) is 0 Å². The summed E-state index contributed by atoms with van der Waals surface area (Å²) in [6.45, 7) is 2.36. The lowest BCUT2D eigenvalue weighted by Crippen LogP contribution is -2.51. The number of ketones is 1. The first-order valence-electron chi connectivity index (χ1n) is 5.26. The van der Waals surface area contributed by atoms with Crippen LogP contribution in [0.15, 0.2) is 0 Å². The molecule has 0 spiro atoms. The second-order valence-electron chi connectivity index (χ2n) is 5.15. The van der Waals surface area contributed by atoms with E-state index in [0.717, 1.165) is 18.3 Å². The first kappa shape index (κ1) is 7.11. The molecule has 66 valence electrons. The Hall–Kier alpha value is -0.330. The van der Waals surface area contributed by atoms with E-state index in [2.05, 4.69) is 6.92 Å². The number of Topliss-reactive ketones (excluding diaryl/α,β-unsaturated/α-hetero) is 1. The Morgan fingerprint density at radius 1 is 1.42 bits per heavy atom. The summed E-state index contributed by atoms with van der Waals surface area (Å²) in [4.78, 5) is 11.6. The standard InChI is InChI=1S/C11H16O/c1-11-6-5-9(12)10(11)7-3-2-4-8(7)11/h7-8,10H,2-6H2,1H3/t7-,8+,10-,11-/m0/s1. The van der Waals surface area contributed by atoms with Gasteiger partial charge < -0.3 is 0 Å². The van der Waals surface area contributed by atoms with Gasteiger partial charge in [-0.2, -0.15) is 0 Å². The van der Waals surface area contributed by atoms with E-state index in [1.54, 1.807) is 0 Å². The van der Waals surface area contributed by atoms with Crippen LogP contribution >= 0.6 is 0 Å². The minimum absolute atomic E-state index is 0.457. The second kappa shape index (κ2) is 1.94. The van der Waals surface area contributed by atoms with Crippen LogP contribution in [-0.2, 0) is 4.79 Å². The van der Waals surface area contributed by atoms with Gasteiger partial charge in [-0.1, -0.05) is 13.3 Å². The molecule has 3 aliphatic rings. The van der Waals surface area contributed by atoms with Crippen LogP contribution in [0.1, 0.15) is 39.0 Å². The molecule has 0 saturated heterocycles. The molecule has 0 aromatic carbocycles. The highest BCUT2D eigenvalue weighted by Crippen LogP contribution is 2.68. The topological polar surface area (TPSA) is 17.1 Å². The predicted molar refractivity (Wildman–Crippen MR) is 46.7 cm³/mol. The molecule has 0 radical (unpaired) electrons. The number of hydrogen-bond acceptors (Lipinski definition) is 1. The van der Waals surface area contributed by atoms with Crippen molar-refractivity contribution in [2.75, 3.05) is 0 Å². The first-order valence-corrected chi connectivity index (χ1v) is 5.26. The van der Waals surface area contributed by atoms with Gasteiger partial charge in [-0.3, -0.25) is 4.79 Å². The lowest BCUT2D eigenvalue weighted by molar-refractivity contribution is -0.137. The Bertz CT molecular complexity index is 245. The Morgan fingerprint density at radius 2 is 2.25 bits per heavy atom. The van der Waals surface area contributed by atoms with Crippen LogP contribution in [0.5, 0.6) is 0 Å². The first-order chi connectivity index (χ1) is 5.73. The summed E-state index contributed by atoms with van der Waals surface area (Å²) < 4.78 is 0. The number of hydrogen-bond donors (Lipinski definition) is 0. The molecule has 0 aliphatic heterocycles. The van der Waals surface area contributed by atoms with Crippen molar-refractivity contribution >= 4 is 5.78 Å². The minimum atomic E-state index is 0.457. The lowest BCUT2D eigenvalue weighted by atomic mass is 9.50. The molecule has 3 rings (SSSR count). The van der Waals surface area contributed by atoms with Gasteiger partial charge in [0.15, 0.2) is 0 Å². The number of rotatable bonds is 0. The zero-order valence-corrected chi connectivity index (χ0v) is 7.68. The van der Waals surface area contributed by atoms with Gasteiger partial charge >= 0.3 is 0 Å². The third kappa shape index (κ3) is 0.571. The molecule has 3 aliphatic carbocycles. The fourth-order valence-electron chi connectivity index (χ4n) is 4.30. The van der Waals surface area contributed by atoms with E-state index >= 15 is 0 Å². The van der Waals surface area contributed by atoms with Crippen molar-refractivity contribution in [1.82, 2.24) is 0 Å². The van der Waals surface area contributed by atoms with Crippen molar-refractivity contribution in [3.8, 4) is 0 Å². The number of carbonyl (C=O) groups excluding carboxylic acids is 1. The van der Waals surface area contributed by atoms with Crippen LogP contribution in [0.3, 0.4) is 0 Å². The molecule has 0 N–H and O–H groups in total. The Labute approximate surface area is 73.5 Å². The van der Waals surface area contributed by atoms with Gasteiger partial charge in [-0.15, -0.1) is 0 Å². The highest BCUT2D eigenvalue weighted by atomic mass is 16.1. The van der Waals surface area contributed by atoms with Crippen molar-refractivity contribution in [2.24, 2.45) is 23.2 Å². The number of fused-ring (bicyclic) bond motifs is 4. The van der Waals surface area contributed by atoms with Crippen LogP contribution < -0.4 is 0 Å². The second-order valence-corrected chi connectivity index (χ2v) is 5.15. The molecule has 0 heterocycles. The van der Waals surface area contributed by atoms with Crippen molar-refractivity contribution < 1.29 is 4.79 Å². The van der Waals surface area contributed by atoms with Gasteiger partial charge in [0.2, 0.25) is 0 Å². The van der Waals surface area contributed by atoms with Crippen LogP contribution in [-0.4, -0.2) is 5.78 Å². The quantitative estimate of drug-likeness (QED) is 0.537. The van der Waals surface area contributed by atoms with Gasteiger partial charge in [-0.25, -0.2) is 0 Å². The monoisotopic (exact) mass is 164 g/mol. The van der Waals surface area contributed by atoms with Gasteiger partial charge in [0.1, 0.15) is 5.78 Å². The molecule has 0 bridgehead atoms. The Morgan fingerprint density at radius 3 is 3.08 bits per heavy atom. The highest BCUT2D eigenvalue weighted by molar-refractivity contribution is 5.86.